The third kappa shape index (κ3) is 2.78. The zero-order valence-electron chi connectivity index (χ0n) is 12.2. The maximum absolute atomic E-state index is 12.6. The normalized spacial score (nSPS) is 10.8. The van der Waals surface area contributed by atoms with Crippen LogP contribution in [0.5, 0.6) is 5.75 Å². The number of aromatic nitrogens is 4. The van der Waals surface area contributed by atoms with Gasteiger partial charge in [-0.1, -0.05) is 23.9 Å². The predicted molar refractivity (Wildman–Crippen MR) is 85.1 cm³/mol. The van der Waals surface area contributed by atoms with Gasteiger partial charge in [0.25, 0.3) is 0 Å². The molecule has 9 heteroatoms. The van der Waals surface area contributed by atoms with Crippen molar-refractivity contribution in [3.63, 3.8) is 0 Å². The molecule has 23 heavy (non-hydrogen) atoms. The van der Waals surface area contributed by atoms with Crippen LogP contribution in [-0.4, -0.2) is 37.9 Å². The number of methoxy groups -OCH3 is 1. The Morgan fingerprint density at radius 2 is 2.09 bits per heavy atom. The molecule has 0 fully saturated rings. The Balaban J connectivity index is 2.10. The number of thioether (sulfide) groups is 1. The van der Waals surface area contributed by atoms with E-state index in [2.05, 4.69) is 10.2 Å². The highest BCUT2D eigenvalue weighted by atomic mass is 32.2. The Kier molecular flexibility index (Phi) is 4.02. The first kappa shape index (κ1) is 15.1. The van der Waals surface area contributed by atoms with Crippen molar-refractivity contribution in [3.05, 3.63) is 47.0 Å². The summed E-state index contributed by atoms with van der Waals surface area (Å²) in [5.41, 5.74) is 5.55. The molecule has 8 nitrogen and oxygen atoms in total. The summed E-state index contributed by atoms with van der Waals surface area (Å²) >= 11 is 1.12. The number of para-hydroxylation sites is 2. The summed E-state index contributed by atoms with van der Waals surface area (Å²) in [4.78, 5) is 23.5. The fraction of sp³-hybridized carbons (Fsp3) is 0.143. The highest BCUT2D eigenvalue weighted by Gasteiger charge is 2.14. The van der Waals surface area contributed by atoms with E-state index in [4.69, 9.17) is 10.5 Å². The molecule has 0 atom stereocenters. The van der Waals surface area contributed by atoms with Crippen LogP contribution in [0.2, 0.25) is 0 Å². The number of fused-ring (bicyclic) bond motifs is 1. The van der Waals surface area contributed by atoms with E-state index in [0.717, 1.165) is 11.8 Å². The Labute approximate surface area is 134 Å². The predicted octanol–water partition coefficient (Wildman–Crippen LogP) is 0.466. The molecule has 2 aromatic heterocycles. The van der Waals surface area contributed by atoms with Crippen molar-refractivity contribution in [1.82, 2.24) is 19.2 Å². The minimum atomic E-state index is -0.464. The molecule has 0 unspecified atom stereocenters. The second-order valence-corrected chi connectivity index (χ2v) is 5.52. The molecule has 118 valence electrons. The molecule has 0 bridgehead atoms. The van der Waals surface area contributed by atoms with Gasteiger partial charge in [0.15, 0.2) is 5.16 Å². The van der Waals surface area contributed by atoms with Crippen LogP contribution in [0.25, 0.3) is 11.3 Å². The van der Waals surface area contributed by atoms with Crippen LogP contribution < -0.4 is 16.0 Å². The van der Waals surface area contributed by atoms with E-state index in [1.807, 2.05) is 12.1 Å². The highest BCUT2D eigenvalue weighted by molar-refractivity contribution is 7.99. The quantitative estimate of drug-likeness (QED) is 0.681. The molecule has 0 aliphatic rings. The Hall–Kier alpha value is -2.81. The van der Waals surface area contributed by atoms with E-state index in [9.17, 15) is 9.59 Å². The van der Waals surface area contributed by atoms with E-state index in [-0.39, 0.29) is 17.0 Å². The topological polar surface area (TPSA) is 105 Å². The summed E-state index contributed by atoms with van der Waals surface area (Å²) in [5.74, 6) is 0.173. The fourth-order valence-electron chi connectivity index (χ4n) is 2.12. The standard InChI is InChI=1S/C14H13N5O3S/c1-22-10-5-3-2-4-9(10)18-6-7-19-12(13(18)21)16-17-14(19)23-8-11(15)20/h2-7H,8H2,1H3,(H2,15,20). The molecule has 0 aliphatic heterocycles. The number of ether oxygens (including phenoxy) is 1. The van der Waals surface area contributed by atoms with Gasteiger partial charge in [-0.05, 0) is 12.1 Å². The Morgan fingerprint density at radius 1 is 1.30 bits per heavy atom. The van der Waals surface area contributed by atoms with E-state index in [1.54, 1.807) is 24.5 Å². The minimum Gasteiger partial charge on any atom is -0.495 e. The molecule has 1 aromatic carbocycles. The number of hydrogen-bond acceptors (Lipinski definition) is 6. The van der Waals surface area contributed by atoms with Gasteiger partial charge in [0.1, 0.15) is 5.75 Å². The number of carbonyl (C=O) groups excluding carboxylic acids is 1. The lowest BCUT2D eigenvalue weighted by Gasteiger charge is -2.10. The lowest BCUT2D eigenvalue weighted by molar-refractivity contribution is -0.115. The van der Waals surface area contributed by atoms with Gasteiger partial charge in [-0.15, -0.1) is 10.2 Å². The van der Waals surface area contributed by atoms with E-state index in [0.29, 0.717) is 16.6 Å². The van der Waals surface area contributed by atoms with Crippen LogP contribution in [0.1, 0.15) is 0 Å². The van der Waals surface area contributed by atoms with Gasteiger partial charge in [-0.3, -0.25) is 18.6 Å². The number of carbonyl (C=O) groups is 1. The van der Waals surface area contributed by atoms with Gasteiger partial charge >= 0.3 is 5.56 Å². The summed E-state index contributed by atoms with van der Waals surface area (Å²) in [6, 6.07) is 7.17. The van der Waals surface area contributed by atoms with Gasteiger partial charge in [0.05, 0.1) is 18.6 Å². The van der Waals surface area contributed by atoms with Crippen LogP contribution in [0.15, 0.2) is 46.6 Å². The average molecular weight is 331 g/mol. The van der Waals surface area contributed by atoms with Crippen LogP contribution in [-0.2, 0) is 4.79 Å². The molecule has 0 spiro atoms. The monoisotopic (exact) mass is 331 g/mol. The van der Waals surface area contributed by atoms with Gasteiger partial charge in [0.2, 0.25) is 11.6 Å². The lowest BCUT2D eigenvalue weighted by atomic mass is 10.3. The molecule has 3 rings (SSSR count). The number of nitrogens with two attached hydrogens (primary N) is 1. The maximum Gasteiger partial charge on any atom is 0.300 e. The van der Waals surface area contributed by atoms with Gasteiger partial charge in [-0.2, -0.15) is 0 Å². The first-order valence-electron chi connectivity index (χ1n) is 6.62. The van der Waals surface area contributed by atoms with Crippen molar-refractivity contribution in [2.45, 2.75) is 5.16 Å². The zero-order chi connectivity index (χ0) is 16.4. The second kappa shape index (κ2) is 6.13. The van der Waals surface area contributed by atoms with Crippen molar-refractivity contribution in [2.24, 2.45) is 5.73 Å². The summed E-state index contributed by atoms with van der Waals surface area (Å²) in [6.45, 7) is 0. The maximum atomic E-state index is 12.6. The average Bonchev–Trinajstić information content (AvgIpc) is 2.97. The molecule has 0 radical (unpaired) electrons. The molecule has 0 saturated heterocycles. The number of benzene rings is 1. The smallest absolute Gasteiger partial charge is 0.300 e. The fourth-order valence-corrected chi connectivity index (χ4v) is 2.77. The Bertz CT molecular complexity index is 934. The van der Waals surface area contributed by atoms with Crippen LogP contribution in [0.3, 0.4) is 0 Å². The second-order valence-electron chi connectivity index (χ2n) is 4.58. The van der Waals surface area contributed by atoms with Gasteiger partial charge in [0, 0.05) is 12.4 Å². The lowest BCUT2D eigenvalue weighted by Crippen LogP contribution is -2.20. The summed E-state index contributed by atoms with van der Waals surface area (Å²) < 4.78 is 8.24. The molecule has 1 amide bonds. The molecular formula is C14H13N5O3S. The minimum absolute atomic E-state index is 0.0659. The zero-order valence-corrected chi connectivity index (χ0v) is 13.0. The molecule has 0 saturated carbocycles. The van der Waals surface area contributed by atoms with Crippen molar-refractivity contribution < 1.29 is 9.53 Å². The van der Waals surface area contributed by atoms with Crippen molar-refractivity contribution in [1.29, 1.82) is 0 Å². The first-order chi connectivity index (χ1) is 11.1. The summed E-state index contributed by atoms with van der Waals surface area (Å²) in [7, 11) is 1.54. The van der Waals surface area contributed by atoms with Crippen LogP contribution >= 0.6 is 11.8 Å². The molecular weight excluding hydrogens is 318 g/mol. The molecule has 2 N–H and O–H groups in total. The number of rotatable bonds is 5. The SMILES string of the molecule is COc1ccccc1-n1ccn2c(SCC(N)=O)nnc2c1=O. The van der Waals surface area contributed by atoms with Crippen LogP contribution in [0, 0.1) is 0 Å². The van der Waals surface area contributed by atoms with Crippen molar-refractivity contribution in [3.8, 4) is 11.4 Å². The molecule has 2 heterocycles. The van der Waals surface area contributed by atoms with Gasteiger partial charge < -0.3 is 10.5 Å². The number of amides is 1. The third-order valence-electron chi connectivity index (χ3n) is 3.13. The van der Waals surface area contributed by atoms with E-state index >= 15 is 0 Å². The number of nitrogens with zero attached hydrogens (tertiary/aromatic N) is 4. The molecule has 3 aromatic rings. The number of primary amides is 1. The van der Waals surface area contributed by atoms with Gasteiger partial charge in [-0.25, -0.2) is 0 Å². The summed E-state index contributed by atoms with van der Waals surface area (Å²) in [6.07, 6.45) is 3.26. The Morgan fingerprint density at radius 3 is 2.83 bits per heavy atom. The largest absolute Gasteiger partial charge is 0.495 e. The van der Waals surface area contributed by atoms with E-state index < -0.39 is 5.91 Å². The highest BCUT2D eigenvalue weighted by Crippen LogP contribution is 2.21. The van der Waals surface area contributed by atoms with Crippen molar-refractivity contribution in [2.75, 3.05) is 12.9 Å². The molecule has 0 aliphatic carbocycles. The van der Waals surface area contributed by atoms with Crippen LogP contribution in [0.4, 0.5) is 0 Å². The van der Waals surface area contributed by atoms with Crippen molar-refractivity contribution >= 4 is 23.3 Å². The van der Waals surface area contributed by atoms with E-state index in [1.165, 1.54) is 16.1 Å². The number of hydrogen-bond donors (Lipinski definition) is 1. The third-order valence-corrected chi connectivity index (χ3v) is 4.09. The summed E-state index contributed by atoms with van der Waals surface area (Å²) in [5, 5.41) is 8.27. The first-order valence-corrected chi connectivity index (χ1v) is 7.61.